The van der Waals surface area contributed by atoms with Crippen LogP contribution in [0.4, 0.5) is 0 Å². The van der Waals surface area contributed by atoms with Crippen molar-refractivity contribution in [1.82, 2.24) is 5.43 Å². The Kier molecular flexibility index (Phi) is 3.08. The second-order valence-corrected chi connectivity index (χ2v) is 3.90. The van der Waals surface area contributed by atoms with Crippen LogP contribution in [0.25, 0.3) is 10.8 Å². The maximum Gasteiger partial charge on any atom is 0.238 e. The van der Waals surface area contributed by atoms with Crippen molar-refractivity contribution in [3.05, 3.63) is 47.0 Å². The minimum atomic E-state index is -0.215. The van der Waals surface area contributed by atoms with Crippen LogP contribution in [0.3, 0.4) is 0 Å². The fourth-order valence-electron chi connectivity index (χ4n) is 1.70. The van der Waals surface area contributed by atoms with E-state index in [-0.39, 0.29) is 12.3 Å². The van der Waals surface area contributed by atoms with Crippen molar-refractivity contribution in [2.75, 3.05) is 0 Å². The monoisotopic (exact) mass is 234 g/mol. The van der Waals surface area contributed by atoms with Crippen LogP contribution in [0.2, 0.25) is 5.02 Å². The van der Waals surface area contributed by atoms with Gasteiger partial charge in [0.1, 0.15) is 0 Å². The highest BCUT2D eigenvalue weighted by molar-refractivity contribution is 6.35. The lowest BCUT2D eigenvalue weighted by Crippen LogP contribution is -2.31. The van der Waals surface area contributed by atoms with Crippen molar-refractivity contribution in [2.45, 2.75) is 6.42 Å². The molecule has 3 N–H and O–H groups in total. The predicted octanol–water partition coefficient (Wildman–Crippen LogP) is 2.03. The summed E-state index contributed by atoms with van der Waals surface area (Å²) in [4.78, 5) is 11.2. The largest absolute Gasteiger partial charge is 0.294 e. The number of carbonyl (C=O) groups is 1. The van der Waals surface area contributed by atoms with Crippen LogP contribution in [0.15, 0.2) is 36.4 Å². The van der Waals surface area contributed by atoms with Crippen LogP contribution >= 0.6 is 11.6 Å². The molecule has 0 saturated heterocycles. The first kappa shape index (κ1) is 10.9. The molecule has 16 heavy (non-hydrogen) atoms. The van der Waals surface area contributed by atoms with E-state index in [9.17, 15) is 4.79 Å². The summed E-state index contributed by atoms with van der Waals surface area (Å²) >= 11 is 6.07. The number of hydrazine groups is 1. The maximum absolute atomic E-state index is 11.2. The Morgan fingerprint density at radius 3 is 2.56 bits per heavy atom. The van der Waals surface area contributed by atoms with E-state index >= 15 is 0 Å². The number of benzene rings is 2. The van der Waals surface area contributed by atoms with Gasteiger partial charge in [0.05, 0.1) is 6.42 Å². The number of carbonyl (C=O) groups excluding carboxylic acids is 1. The fraction of sp³-hybridized carbons (Fsp3) is 0.0833. The molecule has 82 valence electrons. The summed E-state index contributed by atoms with van der Waals surface area (Å²) < 4.78 is 0. The van der Waals surface area contributed by atoms with Gasteiger partial charge in [0.2, 0.25) is 5.91 Å². The average Bonchev–Trinajstić information content (AvgIpc) is 2.33. The number of hydrogen-bond acceptors (Lipinski definition) is 2. The summed E-state index contributed by atoms with van der Waals surface area (Å²) in [5.41, 5.74) is 3.04. The molecule has 0 spiro atoms. The van der Waals surface area contributed by atoms with Gasteiger partial charge >= 0.3 is 0 Å². The molecule has 4 heteroatoms. The summed E-state index contributed by atoms with van der Waals surface area (Å²) in [6, 6.07) is 11.4. The van der Waals surface area contributed by atoms with Gasteiger partial charge in [-0.3, -0.25) is 10.2 Å². The van der Waals surface area contributed by atoms with Crippen molar-refractivity contribution >= 4 is 28.3 Å². The van der Waals surface area contributed by atoms with Crippen molar-refractivity contribution < 1.29 is 4.79 Å². The van der Waals surface area contributed by atoms with Gasteiger partial charge in [-0.15, -0.1) is 0 Å². The van der Waals surface area contributed by atoms with Crippen molar-refractivity contribution in [1.29, 1.82) is 0 Å². The van der Waals surface area contributed by atoms with Gasteiger partial charge in [-0.05, 0) is 17.0 Å². The summed E-state index contributed by atoms with van der Waals surface area (Å²) in [5.74, 6) is 4.85. The Bertz CT molecular complexity index is 540. The Hall–Kier alpha value is -1.58. The predicted molar refractivity (Wildman–Crippen MR) is 65.0 cm³/mol. The average molecular weight is 235 g/mol. The van der Waals surface area contributed by atoms with Crippen molar-refractivity contribution in [3.8, 4) is 0 Å². The summed E-state index contributed by atoms with van der Waals surface area (Å²) in [5, 5.41) is 2.62. The van der Waals surface area contributed by atoms with E-state index in [1.165, 1.54) is 0 Å². The zero-order chi connectivity index (χ0) is 11.5. The second-order valence-electron chi connectivity index (χ2n) is 3.50. The number of rotatable bonds is 2. The van der Waals surface area contributed by atoms with Gasteiger partial charge < -0.3 is 0 Å². The van der Waals surface area contributed by atoms with E-state index in [2.05, 4.69) is 5.43 Å². The van der Waals surface area contributed by atoms with E-state index < -0.39 is 0 Å². The van der Waals surface area contributed by atoms with Crippen LogP contribution < -0.4 is 11.3 Å². The van der Waals surface area contributed by atoms with Crippen LogP contribution in [0.1, 0.15) is 5.56 Å². The fourth-order valence-corrected chi connectivity index (χ4v) is 1.93. The Balaban J connectivity index is 2.54. The molecule has 2 aromatic carbocycles. The lowest BCUT2D eigenvalue weighted by Gasteiger charge is -2.07. The molecule has 0 atom stereocenters. The molecule has 0 bridgehead atoms. The van der Waals surface area contributed by atoms with E-state index in [0.717, 1.165) is 16.3 Å². The molecule has 0 unspecified atom stereocenters. The topological polar surface area (TPSA) is 55.1 Å². The number of nitrogens with one attached hydrogen (secondary N) is 1. The van der Waals surface area contributed by atoms with Crippen LogP contribution in [-0.4, -0.2) is 5.91 Å². The Morgan fingerprint density at radius 1 is 1.19 bits per heavy atom. The zero-order valence-electron chi connectivity index (χ0n) is 8.53. The highest BCUT2D eigenvalue weighted by Gasteiger charge is 2.07. The van der Waals surface area contributed by atoms with Gasteiger partial charge in [-0.25, -0.2) is 5.84 Å². The van der Waals surface area contributed by atoms with E-state index in [0.29, 0.717) is 5.02 Å². The summed E-state index contributed by atoms with van der Waals surface area (Å²) in [7, 11) is 0. The quantitative estimate of drug-likeness (QED) is 0.475. The molecule has 2 rings (SSSR count). The minimum absolute atomic E-state index is 0.215. The molecule has 0 aliphatic heterocycles. The molecule has 2 aromatic rings. The van der Waals surface area contributed by atoms with Crippen LogP contribution in [-0.2, 0) is 11.2 Å². The SMILES string of the molecule is NNC(=O)Cc1ccc(Cl)c2ccccc12. The molecular weight excluding hydrogens is 224 g/mol. The molecular formula is C12H11ClN2O. The van der Waals surface area contributed by atoms with Gasteiger partial charge in [-0.1, -0.05) is 41.9 Å². The van der Waals surface area contributed by atoms with Crippen LogP contribution in [0.5, 0.6) is 0 Å². The van der Waals surface area contributed by atoms with Crippen molar-refractivity contribution in [3.63, 3.8) is 0 Å². The minimum Gasteiger partial charge on any atom is -0.294 e. The molecule has 0 aliphatic rings. The smallest absolute Gasteiger partial charge is 0.238 e. The van der Waals surface area contributed by atoms with Gasteiger partial charge in [0, 0.05) is 10.4 Å². The molecule has 3 nitrogen and oxygen atoms in total. The molecule has 0 radical (unpaired) electrons. The number of halogens is 1. The lowest BCUT2D eigenvalue weighted by molar-refractivity contribution is -0.120. The lowest BCUT2D eigenvalue weighted by atomic mass is 10.0. The summed E-state index contributed by atoms with van der Waals surface area (Å²) in [6.45, 7) is 0. The standard InChI is InChI=1S/C12H11ClN2O/c13-11-6-5-8(7-12(16)15-14)9-3-1-2-4-10(9)11/h1-6H,7,14H2,(H,15,16). The second kappa shape index (κ2) is 4.51. The van der Waals surface area contributed by atoms with Crippen molar-refractivity contribution in [2.24, 2.45) is 5.84 Å². The first-order valence-electron chi connectivity index (χ1n) is 4.88. The van der Waals surface area contributed by atoms with Gasteiger partial charge in [0.15, 0.2) is 0 Å². The molecule has 0 aromatic heterocycles. The first-order valence-corrected chi connectivity index (χ1v) is 5.25. The number of amides is 1. The van der Waals surface area contributed by atoms with Gasteiger partial charge in [0.25, 0.3) is 0 Å². The first-order chi connectivity index (χ1) is 7.72. The van der Waals surface area contributed by atoms with E-state index in [1.807, 2.05) is 30.3 Å². The molecule has 1 amide bonds. The van der Waals surface area contributed by atoms with E-state index in [1.54, 1.807) is 6.07 Å². The number of hydrogen-bond donors (Lipinski definition) is 2. The third-order valence-corrected chi connectivity index (χ3v) is 2.80. The normalized spacial score (nSPS) is 10.4. The highest BCUT2D eigenvalue weighted by atomic mass is 35.5. The Labute approximate surface area is 98.2 Å². The van der Waals surface area contributed by atoms with E-state index in [4.69, 9.17) is 17.4 Å². The number of fused-ring (bicyclic) bond motifs is 1. The summed E-state index contributed by atoms with van der Waals surface area (Å²) in [6.07, 6.45) is 0.258. The maximum atomic E-state index is 11.2. The molecule has 0 saturated carbocycles. The molecule has 0 fully saturated rings. The van der Waals surface area contributed by atoms with Gasteiger partial charge in [-0.2, -0.15) is 0 Å². The number of nitrogens with two attached hydrogens (primary N) is 1. The van der Waals surface area contributed by atoms with Crippen LogP contribution in [0, 0.1) is 0 Å². The third kappa shape index (κ3) is 2.01. The molecule has 0 aliphatic carbocycles. The zero-order valence-corrected chi connectivity index (χ0v) is 9.29. The Morgan fingerprint density at radius 2 is 1.88 bits per heavy atom. The molecule has 0 heterocycles. The highest BCUT2D eigenvalue weighted by Crippen LogP contribution is 2.26. The third-order valence-electron chi connectivity index (χ3n) is 2.47.